The van der Waals surface area contributed by atoms with Gasteiger partial charge < -0.3 is 16.1 Å². The minimum Gasteiger partial charge on any atom is -0.361 e. The van der Waals surface area contributed by atoms with Gasteiger partial charge in [0.2, 0.25) is 5.91 Å². The number of nitrogens with one attached hydrogen (secondary N) is 3. The molecule has 7 nitrogen and oxygen atoms in total. The molecule has 0 atom stereocenters. The average molecular weight is 252 g/mol. The van der Waals surface area contributed by atoms with Crippen molar-refractivity contribution < 1.29 is 4.79 Å². The summed E-state index contributed by atoms with van der Waals surface area (Å²) in [7, 11) is 0. The molecule has 0 aliphatic heterocycles. The van der Waals surface area contributed by atoms with E-state index >= 15 is 0 Å². The molecule has 0 fully saturated rings. The number of nitrogen functional groups attached to an aromatic ring is 1. The Labute approximate surface area is 107 Å². The zero-order chi connectivity index (χ0) is 13.4. The standard InChI is InChI=1S/C11H20N6O/c1-3-5-8-10(14-6-9(18)13-4-2)15-7-16-11(8)17-12/h7H,3-6,12H2,1-2H3,(H,13,18)(H2,14,15,16,17). The topological polar surface area (TPSA) is 105 Å². The van der Waals surface area contributed by atoms with Gasteiger partial charge in [-0.15, -0.1) is 0 Å². The number of hydrazine groups is 1. The van der Waals surface area contributed by atoms with Gasteiger partial charge in [0.15, 0.2) is 0 Å². The molecule has 0 aromatic carbocycles. The predicted octanol–water partition coefficient (Wildman–Crippen LogP) is 0.263. The van der Waals surface area contributed by atoms with Gasteiger partial charge in [-0.2, -0.15) is 0 Å². The Hall–Kier alpha value is -1.89. The molecule has 100 valence electrons. The van der Waals surface area contributed by atoms with Gasteiger partial charge in [-0.3, -0.25) is 4.79 Å². The summed E-state index contributed by atoms with van der Waals surface area (Å²) in [6, 6.07) is 0. The van der Waals surface area contributed by atoms with Crippen LogP contribution in [0.15, 0.2) is 6.33 Å². The van der Waals surface area contributed by atoms with E-state index in [0.717, 1.165) is 18.4 Å². The van der Waals surface area contributed by atoms with Crippen LogP contribution in [0.5, 0.6) is 0 Å². The highest BCUT2D eigenvalue weighted by atomic mass is 16.1. The van der Waals surface area contributed by atoms with Crippen molar-refractivity contribution in [1.82, 2.24) is 15.3 Å². The van der Waals surface area contributed by atoms with Crippen LogP contribution in [0.4, 0.5) is 11.6 Å². The second-order valence-corrected chi connectivity index (χ2v) is 3.75. The van der Waals surface area contributed by atoms with Crippen LogP contribution in [-0.2, 0) is 11.2 Å². The number of anilines is 2. The fourth-order valence-electron chi connectivity index (χ4n) is 1.60. The second-order valence-electron chi connectivity index (χ2n) is 3.75. The molecule has 0 bridgehead atoms. The number of likely N-dealkylation sites (N-methyl/N-ethyl adjacent to an activating group) is 1. The monoisotopic (exact) mass is 252 g/mol. The summed E-state index contributed by atoms with van der Waals surface area (Å²) in [6.45, 7) is 4.73. The quantitative estimate of drug-likeness (QED) is 0.410. The van der Waals surface area contributed by atoms with Crippen LogP contribution >= 0.6 is 0 Å². The summed E-state index contributed by atoms with van der Waals surface area (Å²) in [4.78, 5) is 19.6. The van der Waals surface area contributed by atoms with E-state index in [1.54, 1.807) is 0 Å². The highest BCUT2D eigenvalue weighted by Crippen LogP contribution is 2.20. The van der Waals surface area contributed by atoms with Gasteiger partial charge in [0.05, 0.1) is 6.54 Å². The van der Waals surface area contributed by atoms with Crippen LogP contribution < -0.4 is 21.9 Å². The van der Waals surface area contributed by atoms with E-state index in [9.17, 15) is 4.79 Å². The molecule has 1 amide bonds. The molecule has 1 aromatic rings. The molecule has 0 radical (unpaired) electrons. The third kappa shape index (κ3) is 3.85. The van der Waals surface area contributed by atoms with E-state index in [1.165, 1.54) is 6.33 Å². The van der Waals surface area contributed by atoms with Crippen LogP contribution in [0.2, 0.25) is 0 Å². The van der Waals surface area contributed by atoms with Crippen molar-refractivity contribution in [2.45, 2.75) is 26.7 Å². The zero-order valence-electron chi connectivity index (χ0n) is 10.8. The third-order valence-electron chi connectivity index (χ3n) is 2.37. The molecule has 18 heavy (non-hydrogen) atoms. The van der Waals surface area contributed by atoms with Gasteiger partial charge in [-0.1, -0.05) is 13.3 Å². The molecule has 0 spiro atoms. The SMILES string of the molecule is CCCc1c(NN)ncnc1NCC(=O)NCC. The molecular formula is C11H20N6O. The molecule has 0 aliphatic carbocycles. The maximum absolute atomic E-state index is 11.4. The number of nitrogens with zero attached hydrogens (tertiary/aromatic N) is 2. The molecule has 5 N–H and O–H groups in total. The summed E-state index contributed by atoms with van der Waals surface area (Å²) in [5.41, 5.74) is 3.44. The number of rotatable bonds is 7. The Bertz CT molecular complexity index is 395. The van der Waals surface area contributed by atoms with Crippen LogP contribution in [0.25, 0.3) is 0 Å². The van der Waals surface area contributed by atoms with Crippen molar-refractivity contribution in [2.75, 3.05) is 23.8 Å². The van der Waals surface area contributed by atoms with Crippen molar-refractivity contribution in [3.63, 3.8) is 0 Å². The van der Waals surface area contributed by atoms with Crippen molar-refractivity contribution in [1.29, 1.82) is 0 Å². The number of carbonyl (C=O) groups excluding carboxylic acids is 1. The highest BCUT2D eigenvalue weighted by molar-refractivity contribution is 5.80. The van der Waals surface area contributed by atoms with E-state index in [-0.39, 0.29) is 12.5 Å². The number of carbonyl (C=O) groups is 1. The van der Waals surface area contributed by atoms with E-state index in [4.69, 9.17) is 5.84 Å². The first-order chi connectivity index (χ1) is 8.72. The van der Waals surface area contributed by atoms with Crippen molar-refractivity contribution in [3.05, 3.63) is 11.9 Å². The zero-order valence-corrected chi connectivity index (χ0v) is 10.8. The molecule has 0 aliphatic rings. The molecule has 1 rings (SSSR count). The van der Waals surface area contributed by atoms with Crippen molar-refractivity contribution in [2.24, 2.45) is 5.84 Å². The summed E-state index contributed by atoms with van der Waals surface area (Å²) in [6.07, 6.45) is 3.14. The Morgan fingerprint density at radius 2 is 2.06 bits per heavy atom. The molecule has 0 saturated heterocycles. The van der Waals surface area contributed by atoms with E-state index in [0.29, 0.717) is 18.2 Å². The van der Waals surface area contributed by atoms with Gasteiger partial charge in [0.25, 0.3) is 0 Å². The third-order valence-corrected chi connectivity index (χ3v) is 2.37. The smallest absolute Gasteiger partial charge is 0.239 e. The molecule has 0 unspecified atom stereocenters. The second kappa shape index (κ2) is 7.44. The molecule has 1 heterocycles. The van der Waals surface area contributed by atoms with Crippen LogP contribution in [0.3, 0.4) is 0 Å². The lowest BCUT2D eigenvalue weighted by atomic mass is 10.1. The Morgan fingerprint density at radius 3 is 2.67 bits per heavy atom. The maximum atomic E-state index is 11.4. The molecular weight excluding hydrogens is 232 g/mol. The average Bonchev–Trinajstić information content (AvgIpc) is 2.38. The summed E-state index contributed by atoms with van der Waals surface area (Å²) in [5, 5.41) is 5.71. The number of hydrogen-bond donors (Lipinski definition) is 4. The Morgan fingerprint density at radius 1 is 1.33 bits per heavy atom. The van der Waals surface area contributed by atoms with Gasteiger partial charge in [-0.25, -0.2) is 15.8 Å². The fraction of sp³-hybridized carbons (Fsp3) is 0.545. The lowest BCUT2D eigenvalue weighted by Gasteiger charge is -2.13. The number of aromatic nitrogens is 2. The lowest BCUT2D eigenvalue weighted by molar-refractivity contribution is -0.119. The minimum atomic E-state index is -0.0687. The van der Waals surface area contributed by atoms with Gasteiger partial charge >= 0.3 is 0 Å². The highest BCUT2D eigenvalue weighted by Gasteiger charge is 2.10. The van der Waals surface area contributed by atoms with Gasteiger partial charge in [-0.05, 0) is 13.3 Å². The maximum Gasteiger partial charge on any atom is 0.239 e. The molecule has 1 aromatic heterocycles. The fourth-order valence-corrected chi connectivity index (χ4v) is 1.60. The first kappa shape index (κ1) is 14.2. The number of hydrogen-bond acceptors (Lipinski definition) is 6. The summed E-state index contributed by atoms with van der Waals surface area (Å²) >= 11 is 0. The van der Waals surface area contributed by atoms with E-state index in [2.05, 4.69) is 33.0 Å². The number of nitrogens with two attached hydrogens (primary N) is 1. The molecule has 0 saturated carbocycles. The van der Waals surface area contributed by atoms with Crippen LogP contribution in [0.1, 0.15) is 25.8 Å². The Balaban J connectivity index is 2.77. The van der Waals surface area contributed by atoms with E-state index < -0.39 is 0 Å². The van der Waals surface area contributed by atoms with Crippen LogP contribution in [0, 0.1) is 0 Å². The first-order valence-corrected chi connectivity index (χ1v) is 6.03. The normalized spacial score (nSPS) is 9.94. The van der Waals surface area contributed by atoms with Crippen LogP contribution in [-0.4, -0.2) is 29.0 Å². The van der Waals surface area contributed by atoms with Gasteiger partial charge in [0, 0.05) is 12.1 Å². The molecule has 7 heteroatoms. The van der Waals surface area contributed by atoms with Gasteiger partial charge in [0.1, 0.15) is 18.0 Å². The first-order valence-electron chi connectivity index (χ1n) is 6.03. The summed E-state index contributed by atoms with van der Waals surface area (Å²) < 4.78 is 0. The number of amides is 1. The van der Waals surface area contributed by atoms with E-state index in [1.807, 2.05) is 6.92 Å². The van der Waals surface area contributed by atoms with Crippen molar-refractivity contribution in [3.8, 4) is 0 Å². The Kier molecular flexibility index (Phi) is 5.86. The largest absolute Gasteiger partial charge is 0.361 e. The minimum absolute atomic E-state index is 0.0687. The lowest BCUT2D eigenvalue weighted by Crippen LogP contribution is -2.30. The van der Waals surface area contributed by atoms with Crippen molar-refractivity contribution >= 4 is 17.5 Å². The predicted molar refractivity (Wildman–Crippen MR) is 71.0 cm³/mol. The summed E-state index contributed by atoms with van der Waals surface area (Å²) in [5.74, 6) is 6.57.